The molecule has 18 heavy (non-hydrogen) atoms. The summed E-state index contributed by atoms with van der Waals surface area (Å²) in [5.41, 5.74) is 0. The van der Waals surface area contributed by atoms with Crippen LogP contribution in [0.25, 0.3) is 0 Å². The van der Waals surface area contributed by atoms with Crippen LogP contribution in [-0.4, -0.2) is 42.5 Å². The minimum atomic E-state index is -3.57. The van der Waals surface area contributed by atoms with Gasteiger partial charge in [-0.25, -0.2) is 13.4 Å². The second kappa shape index (κ2) is 5.52. The van der Waals surface area contributed by atoms with Crippen molar-refractivity contribution in [2.75, 3.05) is 19.7 Å². The molecule has 0 aliphatic carbocycles. The van der Waals surface area contributed by atoms with Crippen molar-refractivity contribution in [2.24, 2.45) is 5.92 Å². The van der Waals surface area contributed by atoms with Gasteiger partial charge in [-0.1, -0.05) is 11.6 Å². The monoisotopic (exact) mass is 290 g/mol. The fraction of sp³-hybridized carbons (Fsp3) is 0.545. The van der Waals surface area contributed by atoms with Crippen LogP contribution in [0.5, 0.6) is 0 Å². The molecule has 0 saturated carbocycles. The van der Waals surface area contributed by atoms with Gasteiger partial charge in [0, 0.05) is 25.9 Å². The summed E-state index contributed by atoms with van der Waals surface area (Å²) < 4.78 is 26.1. The second-order valence-corrected chi connectivity index (χ2v) is 6.59. The summed E-state index contributed by atoms with van der Waals surface area (Å²) >= 11 is 5.83. The average Bonchev–Trinajstić information content (AvgIpc) is 2.39. The van der Waals surface area contributed by atoms with Gasteiger partial charge in [0.05, 0.1) is 0 Å². The molecule has 0 spiro atoms. The van der Waals surface area contributed by atoms with E-state index in [2.05, 4.69) is 4.98 Å². The van der Waals surface area contributed by atoms with Crippen molar-refractivity contribution in [3.05, 3.63) is 23.5 Å². The number of sulfonamides is 1. The van der Waals surface area contributed by atoms with E-state index in [1.165, 1.54) is 16.6 Å². The van der Waals surface area contributed by atoms with Crippen LogP contribution in [0, 0.1) is 5.92 Å². The first kappa shape index (κ1) is 13.7. The summed E-state index contributed by atoms with van der Waals surface area (Å²) in [6.45, 7) is 0.944. The quantitative estimate of drug-likeness (QED) is 0.847. The Bertz CT molecular complexity index is 513. The third kappa shape index (κ3) is 2.66. The Morgan fingerprint density at radius 3 is 2.67 bits per heavy atom. The SMILES string of the molecule is O=S(=O)(c1cccnc1Cl)N1CCC(CO)CC1. The molecule has 100 valence electrons. The Balaban J connectivity index is 2.20. The van der Waals surface area contributed by atoms with Crippen LogP contribution in [0.2, 0.25) is 5.15 Å². The maximum atomic E-state index is 12.3. The number of aromatic nitrogens is 1. The van der Waals surface area contributed by atoms with Crippen LogP contribution >= 0.6 is 11.6 Å². The summed E-state index contributed by atoms with van der Waals surface area (Å²) in [7, 11) is -3.57. The normalized spacial score (nSPS) is 19.0. The van der Waals surface area contributed by atoms with E-state index < -0.39 is 10.0 Å². The lowest BCUT2D eigenvalue weighted by atomic mass is 10.00. The Morgan fingerprint density at radius 1 is 1.44 bits per heavy atom. The summed E-state index contributed by atoms with van der Waals surface area (Å²) in [6, 6.07) is 3.02. The molecule has 2 rings (SSSR count). The van der Waals surface area contributed by atoms with E-state index in [0.29, 0.717) is 25.9 Å². The molecule has 1 N–H and O–H groups in total. The summed E-state index contributed by atoms with van der Waals surface area (Å²) in [6.07, 6.45) is 2.81. The largest absolute Gasteiger partial charge is 0.396 e. The lowest BCUT2D eigenvalue weighted by Gasteiger charge is -2.30. The van der Waals surface area contributed by atoms with Crippen LogP contribution in [0.1, 0.15) is 12.8 Å². The van der Waals surface area contributed by atoms with E-state index in [1.807, 2.05) is 0 Å². The highest BCUT2D eigenvalue weighted by molar-refractivity contribution is 7.89. The summed E-state index contributed by atoms with van der Waals surface area (Å²) in [4.78, 5) is 3.84. The van der Waals surface area contributed by atoms with Crippen molar-refractivity contribution in [1.29, 1.82) is 0 Å². The number of rotatable bonds is 3. The molecule has 0 unspecified atom stereocenters. The van der Waals surface area contributed by atoms with E-state index in [0.717, 1.165) is 0 Å². The van der Waals surface area contributed by atoms with E-state index in [1.54, 1.807) is 6.07 Å². The standard InChI is InChI=1S/C11H15ClN2O3S/c12-11-10(2-1-5-13-11)18(16,17)14-6-3-9(8-15)4-7-14/h1-2,5,9,15H,3-4,6-8H2. The number of aliphatic hydroxyl groups is 1. The number of pyridine rings is 1. The average molecular weight is 291 g/mol. The molecule has 1 fully saturated rings. The molecule has 1 saturated heterocycles. The Morgan fingerprint density at radius 2 is 2.11 bits per heavy atom. The smallest absolute Gasteiger partial charge is 0.246 e. The predicted octanol–water partition coefficient (Wildman–Crippen LogP) is 1.13. The minimum absolute atomic E-state index is 0.00165. The maximum Gasteiger partial charge on any atom is 0.246 e. The molecule has 5 nitrogen and oxygen atoms in total. The van der Waals surface area contributed by atoms with Crippen LogP contribution in [-0.2, 0) is 10.0 Å². The van der Waals surface area contributed by atoms with Crippen molar-refractivity contribution in [2.45, 2.75) is 17.7 Å². The number of piperidine rings is 1. The Labute approximate surface area is 111 Å². The number of nitrogens with zero attached hydrogens (tertiary/aromatic N) is 2. The van der Waals surface area contributed by atoms with Crippen LogP contribution in [0.4, 0.5) is 0 Å². The second-order valence-electron chi connectivity index (χ2n) is 4.32. The van der Waals surface area contributed by atoms with Crippen LogP contribution in [0.3, 0.4) is 0 Å². The lowest BCUT2D eigenvalue weighted by Crippen LogP contribution is -2.39. The van der Waals surface area contributed by atoms with Gasteiger partial charge in [0.2, 0.25) is 10.0 Å². The van der Waals surface area contributed by atoms with E-state index in [4.69, 9.17) is 16.7 Å². The predicted molar refractivity (Wildman–Crippen MR) is 67.8 cm³/mol. The number of halogens is 1. The lowest BCUT2D eigenvalue weighted by molar-refractivity contribution is 0.170. The van der Waals surface area contributed by atoms with Gasteiger partial charge >= 0.3 is 0 Å². The van der Waals surface area contributed by atoms with Gasteiger partial charge in [0.25, 0.3) is 0 Å². The zero-order valence-corrected chi connectivity index (χ0v) is 11.4. The van der Waals surface area contributed by atoms with Gasteiger partial charge in [0.15, 0.2) is 0 Å². The summed E-state index contributed by atoms with van der Waals surface area (Å²) in [5, 5.41) is 9.04. The fourth-order valence-corrected chi connectivity index (χ4v) is 3.93. The van der Waals surface area contributed by atoms with Gasteiger partial charge in [-0.05, 0) is 30.9 Å². The molecule has 0 amide bonds. The molecule has 1 aliphatic heterocycles. The maximum absolute atomic E-state index is 12.3. The third-order valence-electron chi connectivity index (χ3n) is 3.17. The van der Waals surface area contributed by atoms with E-state index in [9.17, 15) is 8.42 Å². The van der Waals surface area contributed by atoms with Gasteiger partial charge in [-0.2, -0.15) is 4.31 Å². The van der Waals surface area contributed by atoms with E-state index in [-0.39, 0.29) is 22.6 Å². The van der Waals surface area contributed by atoms with Gasteiger partial charge in [-0.15, -0.1) is 0 Å². The topological polar surface area (TPSA) is 70.5 Å². The molecule has 1 aromatic heterocycles. The first-order valence-corrected chi connectivity index (χ1v) is 7.59. The van der Waals surface area contributed by atoms with Gasteiger partial charge in [0.1, 0.15) is 10.0 Å². The van der Waals surface area contributed by atoms with Crippen molar-refractivity contribution in [1.82, 2.24) is 9.29 Å². The zero-order chi connectivity index (χ0) is 13.2. The Kier molecular flexibility index (Phi) is 4.21. The highest BCUT2D eigenvalue weighted by Gasteiger charge is 2.30. The summed E-state index contributed by atoms with van der Waals surface area (Å²) in [5.74, 6) is 0.195. The van der Waals surface area contributed by atoms with E-state index >= 15 is 0 Å². The molecule has 0 bridgehead atoms. The molecule has 0 atom stereocenters. The Hall–Kier alpha value is -0.690. The van der Waals surface area contributed by atoms with Crippen molar-refractivity contribution >= 4 is 21.6 Å². The van der Waals surface area contributed by atoms with Crippen LogP contribution < -0.4 is 0 Å². The molecule has 0 aromatic carbocycles. The molecular weight excluding hydrogens is 276 g/mol. The van der Waals surface area contributed by atoms with Crippen molar-refractivity contribution < 1.29 is 13.5 Å². The first-order valence-electron chi connectivity index (χ1n) is 5.77. The number of aliphatic hydroxyl groups excluding tert-OH is 1. The van der Waals surface area contributed by atoms with Crippen molar-refractivity contribution in [3.63, 3.8) is 0 Å². The molecule has 1 aromatic rings. The number of hydrogen-bond donors (Lipinski definition) is 1. The minimum Gasteiger partial charge on any atom is -0.396 e. The molecule has 2 heterocycles. The molecular formula is C11H15ClN2O3S. The number of hydrogen-bond acceptors (Lipinski definition) is 4. The van der Waals surface area contributed by atoms with Gasteiger partial charge < -0.3 is 5.11 Å². The zero-order valence-electron chi connectivity index (χ0n) is 9.79. The van der Waals surface area contributed by atoms with Gasteiger partial charge in [-0.3, -0.25) is 0 Å². The molecule has 1 aliphatic rings. The van der Waals surface area contributed by atoms with Crippen molar-refractivity contribution in [3.8, 4) is 0 Å². The molecule has 7 heteroatoms. The highest BCUT2D eigenvalue weighted by atomic mass is 35.5. The molecule has 0 radical (unpaired) electrons. The first-order chi connectivity index (χ1) is 8.55. The highest BCUT2D eigenvalue weighted by Crippen LogP contribution is 2.26. The fourth-order valence-electron chi connectivity index (χ4n) is 2.03. The third-order valence-corrected chi connectivity index (χ3v) is 5.52. The van der Waals surface area contributed by atoms with Crippen LogP contribution in [0.15, 0.2) is 23.2 Å².